The first kappa shape index (κ1) is 9.37. The maximum absolute atomic E-state index is 11.2. The summed E-state index contributed by atoms with van der Waals surface area (Å²) in [6, 6.07) is 9.72. The Labute approximate surface area is 73.4 Å². The predicted molar refractivity (Wildman–Crippen MR) is 49.5 cm³/mol. The van der Waals surface area contributed by atoms with Crippen LogP contribution < -0.4 is 0 Å². The second-order valence-corrected chi connectivity index (χ2v) is 4.27. The van der Waals surface area contributed by atoms with Gasteiger partial charge in [0.05, 0.1) is 7.11 Å². The van der Waals surface area contributed by atoms with E-state index in [1.807, 2.05) is 37.3 Å². The fraction of sp³-hybridized carbons (Fsp3) is 0.333. The van der Waals surface area contributed by atoms with Crippen LogP contribution in [0.2, 0.25) is 0 Å². The van der Waals surface area contributed by atoms with Crippen molar-refractivity contribution in [3.8, 4) is 0 Å². The Balaban J connectivity index is 2.78. The van der Waals surface area contributed by atoms with Gasteiger partial charge in [0.1, 0.15) is 0 Å². The maximum Gasteiger partial charge on any atom is 0.515 e. The highest BCUT2D eigenvalue weighted by Gasteiger charge is 2.27. The van der Waals surface area contributed by atoms with Gasteiger partial charge in [-0.1, -0.05) is 30.3 Å². The lowest BCUT2D eigenvalue weighted by Crippen LogP contribution is -1.87. The van der Waals surface area contributed by atoms with E-state index in [0.717, 1.165) is 5.56 Å². The Hall–Kier alpha value is -0.720. The average molecular weight is 183 g/mol. The van der Waals surface area contributed by atoms with E-state index in [0.29, 0.717) is 0 Å². The molecule has 0 saturated carbocycles. The molecule has 2 unspecified atom stereocenters. The van der Waals surface area contributed by atoms with E-state index in [4.69, 9.17) is 4.52 Å². The highest BCUT2D eigenvalue weighted by Crippen LogP contribution is 2.40. The van der Waals surface area contributed by atoms with Gasteiger partial charge in [-0.25, -0.2) is 0 Å². The molecule has 0 saturated heterocycles. The molecule has 0 aliphatic carbocycles. The third-order valence-corrected chi connectivity index (χ3v) is 3.07. The highest BCUT2D eigenvalue weighted by atomic mass is 31.1. The molecule has 2 atom stereocenters. The minimum atomic E-state index is -1.57. The summed E-state index contributed by atoms with van der Waals surface area (Å²) in [4.78, 5) is 0. The maximum atomic E-state index is 11.2. The van der Waals surface area contributed by atoms with Crippen LogP contribution in [0, 0.1) is 0 Å². The first-order valence-electron chi connectivity index (χ1n) is 3.81. The SMILES string of the molecule is CO[P+](=O)C(C)c1ccccc1. The molecule has 0 N–H and O–H groups in total. The van der Waals surface area contributed by atoms with Gasteiger partial charge in [-0.2, -0.15) is 0 Å². The van der Waals surface area contributed by atoms with E-state index in [9.17, 15) is 4.57 Å². The molecular formula is C9H12O2P+. The third kappa shape index (κ3) is 2.13. The minimum absolute atomic E-state index is 0.0220. The lowest BCUT2D eigenvalue weighted by molar-refractivity contribution is 0.407. The van der Waals surface area contributed by atoms with Gasteiger partial charge < -0.3 is 0 Å². The lowest BCUT2D eigenvalue weighted by Gasteiger charge is -1.97. The van der Waals surface area contributed by atoms with Crippen molar-refractivity contribution >= 4 is 8.03 Å². The Morgan fingerprint density at radius 3 is 2.42 bits per heavy atom. The van der Waals surface area contributed by atoms with Crippen LogP contribution >= 0.6 is 8.03 Å². The molecule has 0 spiro atoms. The van der Waals surface area contributed by atoms with Gasteiger partial charge in [0, 0.05) is 5.56 Å². The zero-order valence-corrected chi connectivity index (χ0v) is 8.12. The Morgan fingerprint density at radius 1 is 1.33 bits per heavy atom. The largest absolute Gasteiger partial charge is 0.515 e. The van der Waals surface area contributed by atoms with Crippen molar-refractivity contribution in [1.29, 1.82) is 0 Å². The molecule has 1 rings (SSSR count). The molecule has 1 aromatic rings. The van der Waals surface area contributed by atoms with E-state index in [-0.39, 0.29) is 5.66 Å². The topological polar surface area (TPSA) is 26.3 Å². The molecule has 0 bridgehead atoms. The molecule has 0 heterocycles. The molecule has 3 heteroatoms. The lowest BCUT2D eigenvalue weighted by atomic mass is 10.2. The van der Waals surface area contributed by atoms with Crippen LogP contribution in [0.4, 0.5) is 0 Å². The predicted octanol–water partition coefficient (Wildman–Crippen LogP) is 3.14. The fourth-order valence-electron chi connectivity index (χ4n) is 1.01. The van der Waals surface area contributed by atoms with Crippen LogP contribution in [0.15, 0.2) is 30.3 Å². The van der Waals surface area contributed by atoms with Crippen molar-refractivity contribution in [2.45, 2.75) is 12.6 Å². The second kappa shape index (κ2) is 4.34. The van der Waals surface area contributed by atoms with Crippen LogP contribution in [0.1, 0.15) is 18.1 Å². The van der Waals surface area contributed by atoms with E-state index in [2.05, 4.69) is 0 Å². The molecule has 0 aromatic heterocycles. The molecule has 0 radical (unpaired) electrons. The van der Waals surface area contributed by atoms with Crippen molar-refractivity contribution in [2.75, 3.05) is 7.11 Å². The molecular weight excluding hydrogens is 171 g/mol. The molecule has 12 heavy (non-hydrogen) atoms. The molecule has 0 fully saturated rings. The average Bonchev–Trinajstić information content (AvgIpc) is 2.17. The quantitative estimate of drug-likeness (QED) is 0.673. The van der Waals surface area contributed by atoms with Gasteiger partial charge in [0.15, 0.2) is 0 Å². The standard InChI is InChI=1S/C9H12O2P/c1-8(12(10)11-2)9-6-4-3-5-7-9/h3-8H,1-2H3/q+1. The van der Waals surface area contributed by atoms with E-state index >= 15 is 0 Å². The van der Waals surface area contributed by atoms with Gasteiger partial charge in [0.25, 0.3) is 0 Å². The summed E-state index contributed by atoms with van der Waals surface area (Å²) in [7, 11) is -0.0955. The zero-order valence-electron chi connectivity index (χ0n) is 7.23. The van der Waals surface area contributed by atoms with Crippen molar-refractivity contribution in [3.63, 3.8) is 0 Å². The van der Waals surface area contributed by atoms with Crippen LogP contribution in [-0.4, -0.2) is 7.11 Å². The Morgan fingerprint density at radius 2 is 1.92 bits per heavy atom. The van der Waals surface area contributed by atoms with Crippen LogP contribution in [-0.2, 0) is 9.09 Å². The van der Waals surface area contributed by atoms with Gasteiger partial charge in [-0.05, 0) is 11.5 Å². The van der Waals surface area contributed by atoms with Crippen molar-refractivity contribution in [2.24, 2.45) is 0 Å². The minimum Gasteiger partial charge on any atom is -0.149 e. The molecule has 64 valence electrons. The fourth-order valence-corrected chi connectivity index (χ4v) is 1.74. The number of rotatable bonds is 3. The number of hydrogen-bond acceptors (Lipinski definition) is 2. The number of hydrogen-bond donors (Lipinski definition) is 0. The second-order valence-electron chi connectivity index (χ2n) is 2.55. The summed E-state index contributed by atoms with van der Waals surface area (Å²) in [5, 5.41) is 0. The van der Waals surface area contributed by atoms with Crippen molar-refractivity contribution < 1.29 is 9.09 Å². The summed E-state index contributed by atoms with van der Waals surface area (Å²) >= 11 is 0. The highest BCUT2D eigenvalue weighted by molar-refractivity contribution is 7.39. The van der Waals surface area contributed by atoms with Gasteiger partial charge in [-0.15, -0.1) is 4.52 Å². The van der Waals surface area contributed by atoms with E-state index in [1.165, 1.54) is 7.11 Å². The molecule has 2 nitrogen and oxygen atoms in total. The summed E-state index contributed by atoms with van der Waals surface area (Å²) in [6.45, 7) is 1.90. The Kier molecular flexibility index (Phi) is 3.39. The Bertz CT molecular complexity index is 258. The normalized spacial score (nSPS) is 14.0. The monoisotopic (exact) mass is 183 g/mol. The van der Waals surface area contributed by atoms with Gasteiger partial charge in [-0.3, -0.25) is 0 Å². The smallest absolute Gasteiger partial charge is 0.149 e. The molecule has 0 aliphatic rings. The molecule has 0 aliphatic heterocycles. The van der Waals surface area contributed by atoms with Crippen LogP contribution in [0.3, 0.4) is 0 Å². The first-order valence-corrected chi connectivity index (χ1v) is 5.05. The molecule has 1 aromatic carbocycles. The van der Waals surface area contributed by atoms with Gasteiger partial charge >= 0.3 is 8.03 Å². The number of benzene rings is 1. The summed E-state index contributed by atoms with van der Waals surface area (Å²) in [5.74, 6) is 0. The van der Waals surface area contributed by atoms with E-state index in [1.54, 1.807) is 0 Å². The first-order chi connectivity index (χ1) is 5.75. The van der Waals surface area contributed by atoms with Gasteiger partial charge in [0.2, 0.25) is 5.66 Å². The van der Waals surface area contributed by atoms with Crippen molar-refractivity contribution in [3.05, 3.63) is 35.9 Å². The van der Waals surface area contributed by atoms with Crippen LogP contribution in [0.5, 0.6) is 0 Å². The summed E-state index contributed by atoms with van der Waals surface area (Å²) in [6.07, 6.45) is 0. The van der Waals surface area contributed by atoms with Crippen molar-refractivity contribution in [1.82, 2.24) is 0 Å². The molecule has 0 amide bonds. The third-order valence-electron chi connectivity index (χ3n) is 1.78. The summed E-state index contributed by atoms with van der Waals surface area (Å²) < 4.78 is 16.0. The van der Waals surface area contributed by atoms with E-state index < -0.39 is 8.03 Å². The van der Waals surface area contributed by atoms with Crippen LogP contribution in [0.25, 0.3) is 0 Å². The summed E-state index contributed by atoms with van der Waals surface area (Å²) in [5.41, 5.74) is 1.03. The zero-order chi connectivity index (χ0) is 8.97.